The van der Waals surface area contributed by atoms with E-state index in [-0.39, 0.29) is 5.75 Å². The van der Waals surface area contributed by atoms with Crippen LogP contribution in [-0.4, -0.2) is 33.1 Å². The van der Waals surface area contributed by atoms with Gasteiger partial charge < -0.3 is 21.1 Å². The average Bonchev–Trinajstić information content (AvgIpc) is 3.27. The van der Waals surface area contributed by atoms with Gasteiger partial charge in [0.1, 0.15) is 0 Å². The molecule has 2 saturated carbocycles. The molecule has 0 spiro atoms. The summed E-state index contributed by atoms with van der Waals surface area (Å²) in [5, 5.41) is 19.3. The van der Waals surface area contributed by atoms with Gasteiger partial charge in [0.05, 0.1) is 0 Å². The molecule has 0 bridgehead atoms. The van der Waals surface area contributed by atoms with Crippen LogP contribution in [0, 0.1) is 23.6 Å². The van der Waals surface area contributed by atoms with Crippen LogP contribution in [0.25, 0.3) is 0 Å². The molecule has 2 unspecified atom stereocenters. The monoisotopic (exact) mass is 442 g/mol. The Morgan fingerprint density at radius 2 is 1.56 bits per heavy atom. The zero-order chi connectivity index (χ0) is 22.3. The molecule has 0 amide bonds. The lowest BCUT2D eigenvalue weighted by Crippen LogP contribution is -2.21. The van der Waals surface area contributed by atoms with Crippen molar-refractivity contribution in [3.05, 3.63) is 24.0 Å². The molecule has 0 saturated heterocycles. The van der Waals surface area contributed by atoms with E-state index in [1.165, 1.54) is 69.9 Å². The highest BCUT2D eigenvalue weighted by Gasteiger charge is 2.25. The van der Waals surface area contributed by atoms with E-state index in [2.05, 4.69) is 37.8 Å². The van der Waals surface area contributed by atoms with Crippen LogP contribution in [0.4, 0.5) is 27.9 Å². The number of halogens is 1. The summed E-state index contributed by atoms with van der Waals surface area (Å²) in [6, 6.07) is 4.13. The second-order valence-electron chi connectivity index (χ2n) is 9.22. The van der Waals surface area contributed by atoms with Gasteiger partial charge in [0, 0.05) is 24.8 Å². The molecule has 2 atom stereocenters. The first kappa shape index (κ1) is 22.6. The van der Waals surface area contributed by atoms with Gasteiger partial charge in [-0.1, -0.05) is 45.4 Å². The van der Waals surface area contributed by atoms with Crippen molar-refractivity contribution in [2.24, 2.45) is 17.8 Å². The molecule has 4 N–H and O–H groups in total. The fraction of sp³-hybridized carbons (Fsp3) is 0.625. The smallest absolute Gasteiger partial charge is 0.233 e. The molecule has 1 heterocycles. The van der Waals surface area contributed by atoms with Crippen LogP contribution >= 0.6 is 0 Å². The van der Waals surface area contributed by atoms with Crippen molar-refractivity contribution < 1.29 is 9.50 Å². The first-order chi connectivity index (χ1) is 15.6. The van der Waals surface area contributed by atoms with Gasteiger partial charge in [0.2, 0.25) is 17.8 Å². The zero-order valence-corrected chi connectivity index (χ0v) is 18.9. The number of phenolic OH excluding ortho intramolecular Hbond substituents is 1. The van der Waals surface area contributed by atoms with Crippen molar-refractivity contribution in [3.8, 4) is 5.75 Å². The fourth-order valence-corrected chi connectivity index (χ4v) is 5.07. The van der Waals surface area contributed by atoms with E-state index in [0.717, 1.165) is 19.0 Å². The van der Waals surface area contributed by atoms with Gasteiger partial charge in [0.25, 0.3) is 0 Å². The van der Waals surface area contributed by atoms with Crippen molar-refractivity contribution in [3.63, 3.8) is 0 Å². The Bertz CT molecular complexity index is 889. The van der Waals surface area contributed by atoms with Gasteiger partial charge in [-0.25, -0.2) is 4.39 Å². The number of nitrogens with zero attached hydrogens (tertiary/aromatic N) is 3. The molecule has 2 aromatic rings. The Morgan fingerprint density at radius 1 is 0.875 bits per heavy atom. The number of hydrogen-bond acceptors (Lipinski definition) is 7. The van der Waals surface area contributed by atoms with E-state index in [9.17, 15) is 9.50 Å². The molecule has 32 heavy (non-hydrogen) atoms. The largest absolute Gasteiger partial charge is 0.505 e. The normalized spacial score (nSPS) is 21.4. The SMILES string of the molecule is CCC1CCCC1CNc1nc(NCC2CCCCC2)nc(Nc2ccc(O)c(F)c2)n1. The third-order valence-electron chi connectivity index (χ3n) is 6.98. The third kappa shape index (κ3) is 5.99. The number of nitrogens with one attached hydrogen (secondary N) is 3. The number of aromatic nitrogens is 3. The number of anilines is 4. The molecule has 2 aliphatic carbocycles. The lowest BCUT2D eigenvalue weighted by molar-refractivity contribution is 0.373. The molecule has 8 heteroatoms. The highest BCUT2D eigenvalue weighted by atomic mass is 19.1. The fourth-order valence-electron chi connectivity index (χ4n) is 5.07. The number of benzene rings is 1. The molecule has 0 aliphatic heterocycles. The van der Waals surface area contributed by atoms with Crippen molar-refractivity contribution in [2.75, 3.05) is 29.0 Å². The summed E-state index contributed by atoms with van der Waals surface area (Å²) < 4.78 is 13.8. The van der Waals surface area contributed by atoms with Crippen LogP contribution in [-0.2, 0) is 0 Å². The van der Waals surface area contributed by atoms with E-state index >= 15 is 0 Å². The topological polar surface area (TPSA) is 95.0 Å². The summed E-state index contributed by atoms with van der Waals surface area (Å²) in [7, 11) is 0. The Hall–Kier alpha value is -2.64. The Balaban J connectivity index is 1.47. The molecule has 4 rings (SSSR count). The van der Waals surface area contributed by atoms with E-state index < -0.39 is 5.82 Å². The molecule has 0 radical (unpaired) electrons. The summed E-state index contributed by atoms with van der Waals surface area (Å²) in [5.74, 6) is 2.35. The van der Waals surface area contributed by atoms with Crippen LogP contribution in [0.3, 0.4) is 0 Å². The molecule has 2 fully saturated rings. The van der Waals surface area contributed by atoms with E-state index in [1.54, 1.807) is 6.07 Å². The van der Waals surface area contributed by atoms with Gasteiger partial charge in [-0.15, -0.1) is 0 Å². The van der Waals surface area contributed by atoms with Crippen LogP contribution in [0.2, 0.25) is 0 Å². The highest BCUT2D eigenvalue weighted by molar-refractivity contribution is 5.57. The molecule has 1 aromatic carbocycles. The summed E-state index contributed by atoms with van der Waals surface area (Å²) in [6.07, 6.45) is 11.4. The lowest BCUT2D eigenvalue weighted by Gasteiger charge is -2.22. The summed E-state index contributed by atoms with van der Waals surface area (Å²) in [5.41, 5.74) is 0.470. The predicted molar refractivity (Wildman–Crippen MR) is 126 cm³/mol. The number of hydrogen-bond donors (Lipinski definition) is 4. The average molecular weight is 443 g/mol. The molecule has 174 valence electrons. The lowest BCUT2D eigenvalue weighted by atomic mass is 9.89. The molecular weight excluding hydrogens is 407 g/mol. The maximum absolute atomic E-state index is 13.8. The van der Waals surface area contributed by atoms with Crippen molar-refractivity contribution in [1.82, 2.24) is 15.0 Å². The predicted octanol–water partition coefficient (Wildman–Crippen LogP) is 5.69. The molecule has 1 aromatic heterocycles. The van der Waals surface area contributed by atoms with Crippen LogP contribution in [0.5, 0.6) is 5.75 Å². The van der Waals surface area contributed by atoms with Gasteiger partial charge in [-0.05, 0) is 49.1 Å². The number of rotatable bonds is 9. The minimum absolute atomic E-state index is 0.345. The Labute approximate surface area is 189 Å². The molecule has 7 nitrogen and oxygen atoms in total. The highest BCUT2D eigenvalue weighted by Crippen LogP contribution is 2.34. The Morgan fingerprint density at radius 3 is 2.28 bits per heavy atom. The summed E-state index contributed by atoms with van der Waals surface area (Å²) in [4.78, 5) is 13.6. The van der Waals surface area contributed by atoms with Gasteiger partial charge in [-0.2, -0.15) is 15.0 Å². The van der Waals surface area contributed by atoms with Crippen molar-refractivity contribution in [2.45, 2.75) is 64.7 Å². The van der Waals surface area contributed by atoms with Crippen LogP contribution < -0.4 is 16.0 Å². The first-order valence-electron chi connectivity index (χ1n) is 12.1. The number of phenols is 1. The first-order valence-corrected chi connectivity index (χ1v) is 12.1. The van der Waals surface area contributed by atoms with E-state index in [1.807, 2.05) is 0 Å². The third-order valence-corrected chi connectivity index (χ3v) is 6.98. The zero-order valence-electron chi connectivity index (χ0n) is 18.9. The standard InChI is InChI=1S/C24H35FN6O/c1-2-17-9-6-10-18(17)15-27-23-29-22(26-14-16-7-4-3-5-8-16)30-24(31-23)28-19-11-12-21(32)20(25)13-19/h11-13,16-18,32H,2-10,14-15H2,1H3,(H3,26,27,28,29,30,31). The second-order valence-corrected chi connectivity index (χ2v) is 9.22. The van der Waals surface area contributed by atoms with Crippen molar-refractivity contribution >= 4 is 23.5 Å². The minimum Gasteiger partial charge on any atom is -0.505 e. The minimum atomic E-state index is -0.690. The van der Waals surface area contributed by atoms with Crippen LogP contribution in [0.15, 0.2) is 18.2 Å². The van der Waals surface area contributed by atoms with Gasteiger partial charge >= 0.3 is 0 Å². The second kappa shape index (κ2) is 10.8. The molecular formula is C24H35FN6O. The van der Waals surface area contributed by atoms with E-state index in [4.69, 9.17) is 0 Å². The van der Waals surface area contributed by atoms with Gasteiger partial charge in [-0.3, -0.25) is 0 Å². The summed E-state index contributed by atoms with van der Waals surface area (Å²) in [6.45, 7) is 3.95. The molecule has 2 aliphatic rings. The maximum atomic E-state index is 13.8. The maximum Gasteiger partial charge on any atom is 0.233 e. The van der Waals surface area contributed by atoms with Crippen molar-refractivity contribution in [1.29, 1.82) is 0 Å². The summed E-state index contributed by atoms with van der Waals surface area (Å²) >= 11 is 0. The quantitative estimate of drug-likeness (QED) is 0.371. The van der Waals surface area contributed by atoms with Crippen LogP contribution in [0.1, 0.15) is 64.7 Å². The van der Waals surface area contributed by atoms with Gasteiger partial charge in [0.15, 0.2) is 11.6 Å². The Kier molecular flexibility index (Phi) is 7.60. The van der Waals surface area contributed by atoms with E-state index in [0.29, 0.717) is 35.4 Å². The number of aromatic hydroxyl groups is 1.